The van der Waals surface area contributed by atoms with Gasteiger partial charge in [0.1, 0.15) is 6.04 Å². The molecule has 0 aliphatic rings. The van der Waals surface area contributed by atoms with Gasteiger partial charge in [-0.3, -0.25) is 19.7 Å². The first-order valence-corrected chi connectivity index (χ1v) is 9.37. The van der Waals surface area contributed by atoms with Crippen molar-refractivity contribution in [3.63, 3.8) is 0 Å². The number of anilines is 1. The number of benzene rings is 2. The number of hydrogen-bond donors (Lipinski definition) is 5. The molecule has 0 aliphatic heterocycles. The summed E-state index contributed by atoms with van der Waals surface area (Å²) in [7, 11) is 0. The van der Waals surface area contributed by atoms with Gasteiger partial charge in [-0.1, -0.05) is 30.3 Å². The smallest absolute Gasteiger partial charge is 0.325 e. The molecule has 0 fully saturated rings. The summed E-state index contributed by atoms with van der Waals surface area (Å²) < 4.78 is 0. The lowest BCUT2D eigenvalue weighted by molar-refractivity contribution is -0.385. The van der Waals surface area contributed by atoms with Gasteiger partial charge in [-0.2, -0.15) is 5.10 Å². The van der Waals surface area contributed by atoms with E-state index >= 15 is 0 Å². The molecular formula is C20H22N6O6. The lowest BCUT2D eigenvalue weighted by Crippen LogP contribution is -2.44. The van der Waals surface area contributed by atoms with Gasteiger partial charge in [-0.15, -0.1) is 0 Å². The minimum absolute atomic E-state index is 0.0401. The molecule has 2 atom stereocenters. The van der Waals surface area contributed by atoms with Gasteiger partial charge in [0, 0.05) is 23.9 Å². The number of nitro benzene ring substituents is 1. The highest BCUT2D eigenvalue weighted by atomic mass is 16.6. The molecule has 2 unspecified atom stereocenters. The predicted molar refractivity (Wildman–Crippen MR) is 116 cm³/mol. The third-order valence-electron chi connectivity index (χ3n) is 4.41. The second-order valence-corrected chi connectivity index (χ2v) is 6.67. The summed E-state index contributed by atoms with van der Waals surface area (Å²) in [5, 5.41) is 31.2. The van der Waals surface area contributed by atoms with Crippen LogP contribution in [-0.2, 0) is 9.59 Å². The molecule has 168 valence electrons. The molecular weight excluding hydrogens is 420 g/mol. The molecule has 0 aromatic heterocycles. The summed E-state index contributed by atoms with van der Waals surface area (Å²) >= 11 is 0. The van der Waals surface area contributed by atoms with Gasteiger partial charge in [0.2, 0.25) is 5.91 Å². The van der Waals surface area contributed by atoms with Crippen LogP contribution < -0.4 is 21.8 Å². The molecule has 6 N–H and O–H groups in total. The Labute approximate surface area is 182 Å². The predicted octanol–water partition coefficient (Wildman–Crippen LogP) is 1.38. The number of hydrazone groups is 1. The fraction of sp³-hybridized carbons (Fsp3) is 0.200. The summed E-state index contributed by atoms with van der Waals surface area (Å²) in [5.41, 5.74) is 0.885. The standard InChI is InChI=1S/C20H22N6O6/c1-12(19(28)29)24-18(27)16(15-4-2-3-5-17(15)26(31)32)11-22-20(30)25-14-8-6-13(7-9-14)10-23-21/h2-10,12,16H,11,21H2,1H3,(H,24,27)(H,28,29)(H2,22,25,30). The second-order valence-electron chi connectivity index (χ2n) is 6.67. The summed E-state index contributed by atoms with van der Waals surface area (Å²) in [4.78, 5) is 46.8. The van der Waals surface area contributed by atoms with Gasteiger partial charge in [0.15, 0.2) is 0 Å². The maximum atomic E-state index is 12.7. The Bertz CT molecular complexity index is 1020. The summed E-state index contributed by atoms with van der Waals surface area (Å²) in [6.07, 6.45) is 1.43. The highest BCUT2D eigenvalue weighted by Gasteiger charge is 2.30. The van der Waals surface area contributed by atoms with Crippen LogP contribution in [0.2, 0.25) is 0 Å². The largest absolute Gasteiger partial charge is 0.480 e. The molecule has 12 heteroatoms. The van der Waals surface area contributed by atoms with Crippen molar-refractivity contribution in [2.75, 3.05) is 11.9 Å². The number of urea groups is 1. The van der Waals surface area contributed by atoms with Crippen LogP contribution in [0.3, 0.4) is 0 Å². The zero-order valence-electron chi connectivity index (χ0n) is 17.0. The first-order chi connectivity index (χ1) is 15.2. The molecule has 0 radical (unpaired) electrons. The average Bonchev–Trinajstić information content (AvgIpc) is 2.75. The van der Waals surface area contributed by atoms with Crippen LogP contribution in [0.15, 0.2) is 53.6 Å². The summed E-state index contributed by atoms with van der Waals surface area (Å²) in [6, 6.07) is 10.2. The Balaban J connectivity index is 2.17. The number of carbonyl (C=O) groups excluding carboxylic acids is 2. The van der Waals surface area contributed by atoms with Gasteiger partial charge < -0.3 is 26.9 Å². The van der Waals surface area contributed by atoms with Gasteiger partial charge in [0.05, 0.1) is 17.1 Å². The summed E-state index contributed by atoms with van der Waals surface area (Å²) in [6.45, 7) is 0.947. The van der Waals surface area contributed by atoms with E-state index < -0.39 is 34.8 Å². The van der Waals surface area contributed by atoms with Crippen molar-refractivity contribution >= 4 is 35.5 Å². The second kappa shape index (κ2) is 11.1. The molecule has 0 spiro atoms. The Kier molecular flexibility index (Phi) is 8.22. The topological polar surface area (TPSA) is 189 Å². The normalized spacial score (nSPS) is 12.5. The Hall–Kier alpha value is -4.48. The number of hydrogen-bond acceptors (Lipinski definition) is 7. The molecule has 2 aromatic rings. The molecule has 0 saturated heterocycles. The molecule has 0 bridgehead atoms. The van der Waals surface area contributed by atoms with Crippen molar-refractivity contribution < 1.29 is 24.4 Å². The lowest BCUT2D eigenvalue weighted by atomic mass is 9.96. The van der Waals surface area contributed by atoms with Crippen molar-refractivity contribution in [1.29, 1.82) is 0 Å². The SMILES string of the molecule is CC(NC(=O)C(CNC(=O)Nc1ccc(C=NN)cc1)c1ccccc1[N+](=O)[O-])C(=O)O. The Morgan fingerprint density at radius 1 is 1.19 bits per heavy atom. The molecule has 0 saturated carbocycles. The van der Waals surface area contributed by atoms with Gasteiger partial charge in [-0.05, 0) is 24.6 Å². The number of para-hydroxylation sites is 1. The van der Waals surface area contributed by atoms with Crippen LogP contribution >= 0.6 is 0 Å². The van der Waals surface area contributed by atoms with E-state index in [1.807, 2.05) is 0 Å². The Morgan fingerprint density at radius 2 is 1.84 bits per heavy atom. The monoisotopic (exact) mass is 442 g/mol. The average molecular weight is 442 g/mol. The number of carboxylic acids is 1. The maximum Gasteiger partial charge on any atom is 0.325 e. The molecule has 3 amide bonds. The van der Waals surface area contributed by atoms with Crippen molar-refractivity contribution in [2.45, 2.75) is 18.9 Å². The quantitative estimate of drug-likeness (QED) is 0.168. The third kappa shape index (κ3) is 6.52. The molecule has 12 nitrogen and oxygen atoms in total. The molecule has 2 rings (SSSR count). The van der Waals surface area contributed by atoms with E-state index in [4.69, 9.17) is 10.9 Å². The third-order valence-corrected chi connectivity index (χ3v) is 4.41. The zero-order chi connectivity index (χ0) is 23.7. The van der Waals surface area contributed by atoms with Crippen molar-refractivity contribution in [3.05, 3.63) is 69.8 Å². The van der Waals surface area contributed by atoms with E-state index in [1.54, 1.807) is 24.3 Å². The number of amides is 3. The van der Waals surface area contributed by atoms with Gasteiger partial charge >= 0.3 is 12.0 Å². The van der Waals surface area contributed by atoms with E-state index in [-0.39, 0.29) is 17.8 Å². The number of carboxylic acid groups (broad SMARTS) is 1. The first-order valence-electron chi connectivity index (χ1n) is 9.37. The minimum atomic E-state index is -1.27. The van der Waals surface area contributed by atoms with E-state index in [2.05, 4.69) is 21.1 Å². The van der Waals surface area contributed by atoms with Crippen molar-refractivity contribution in [2.24, 2.45) is 10.9 Å². The molecule has 0 heterocycles. The fourth-order valence-corrected chi connectivity index (χ4v) is 2.78. The number of aliphatic carboxylic acids is 1. The zero-order valence-corrected chi connectivity index (χ0v) is 17.0. The van der Waals surface area contributed by atoms with Crippen LogP contribution in [0, 0.1) is 10.1 Å². The highest BCUT2D eigenvalue weighted by Crippen LogP contribution is 2.26. The molecule has 0 aliphatic carbocycles. The summed E-state index contributed by atoms with van der Waals surface area (Å²) in [5.74, 6) is 1.83. The van der Waals surface area contributed by atoms with Gasteiger partial charge in [-0.25, -0.2) is 4.79 Å². The van der Waals surface area contributed by atoms with E-state index in [0.29, 0.717) is 5.69 Å². The molecule has 32 heavy (non-hydrogen) atoms. The number of nitro groups is 1. The first kappa shape index (κ1) is 23.8. The van der Waals surface area contributed by atoms with Crippen LogP contribution in [0.4, 0.5) is 16.2 Å². The van der Waals surface area contributed by atoms with Crippen LogP contribution in [0.25, 0.3) is 0 Å². The number of nitrogens with one attached hydrogen (secondary N) is 3. The number of rotatable bonds is 9. The van der Waals surface area contributed by atoms with E-state index in [0.717, 1.165) is 5.56 Å². The van der Waals surface area contributed by atoms with Crippen molar-refractivity contribution in [1.82, 2.24) is 10.6 Å². The fourth-order valence-electron chi connectivity index (χ4n) is 2.78. The van der Waals surface area contributed by atoms with E-state index in [1.165, 1.54) is 37.4 Å². The number of carbonyl (C=O) groups is 3. The van der Waals surface area contributed by atoms with E-state index in [9.17, 15) is 24.5 Å². The number of nitrogens with two attached hydrogens (primary N) is 1. The maximum absolute atomic E-state index is 12.7. The molecule has 2 aromatic carbocycles. The lowest BCUT2D eigenvalue weighted by Gasteiger charge is -2.19. The van der Waals surface area contributed by atoms with Gasteiger partial charge in [0.25, 0.3) is 5.69 Å². The Morgan fingerprint density at radius 3 is 2.44 bits per heavy atom. The minimum Gasteiger partial charge on any atom is -0.480 e. The van der Waals surface area contributed by atoms with Crippen LogP contribution in [0.5, 0.6) is 0 Å². The van der Waals surface area contributed by atoms with Crippen molar-refractivity contribution in [3.8, 4) is 0 Å². The van der Waals surface area contributed by atoms with Crippen LogP contribution in [0.1, 0.15) is 24.0 Å². The number of nitrogens with zero attached hydrogens (tertiary/aromatic N) is 2. The highest BCUT2D eigenvalue weighted by molar-refractivity contribution is 5.92. The van der Waals surface area contributed by atoms with Crippen LogP contribution in [-0.4, -0.2) is 46.7 Å².